The number of nitrogens with zero attached hydrogens (tertiary/aromatic N) is 2. The summed E-state index contributed by atoms with van der Waals surface area (Å²) in [6.07, 6.45) is 2.36. The van der Waals surface area contributed by atoms with E-state index in [9.17, 15) is 4.79 Å². The topological polar surface area (TPSA) is 60.9 Å². The van der Waals surface area contributed by atoms with E-state index in [2.05, 4.69) is 5.10 Å². The van der Waals surface area contributed by atoms with Crippen molar-refractivity contribution < 1.29 is 4.79 Å². The second-order valence-corrected chi connectivity index (χ2v) is 4.99. The number of hydrogen-bond acceptors (Lipinski definition) is 3. The van der Waals surface area contributed by atoms with Gasteiger partial charge in [-0.1, -0.05) is 18.5 Å². The molecule has 0 spiro atoms. The quantitative estimate of drug-likeness (QED) is 0.828. The second-order valence-electron chi connectivity index (χ2n) is 4.61. The van der Waals surface area contributed by atoms with Crippen LogP contribution in [-0.2, 0) is 24.2 Å². The summed E-state index contributed by atoms with van der Waals surface area (Å²) < 4.78 is 1.82. The SMILES string of the molecule is CCc1nn(CC)c(CC(=O)CCC(C)N)c1Cl. The molecular formula is C13H22ClN3O. The molecule has 1 heterocycles. The number of Topliss-reactive ketones (excluding diaryl/α,β-unsaturated/α-hetero) is 1. The molecule has 0 aromatic carbocycles. The van der Waals surface area contributed by atoms with Gasteiger partial charge in [-0.3, -0.25) is 9.48 Å². The Morgan fingerprint density at radius 1 is 1.50 bits per heavy atom. The van der Waals surface area contributed by atoms with Crippen molar-refractivity contribution in [1.82, 2.24) is 9.78 Å². The number of nitrogens with two attached hydrogens (primary N) is 1. The number of aromatic nitrogens is 2. The van der Waals surface area contributed by atoms with Crippen LogP contribution < -0.4 is 5.73 Å². The van der Waals surface area contributed by atoms with Gasteiger partial charge in [-0.25, -0.2) is 0 Å². The Bertz CT molecular complexity index is 413. The fourth-order valence-electron chi connectivity index (χ4n) is 1.85. The third kappa shape index (κ3) is 3.82. The Labute approximate surface area is 113 Å². The van der Waals surface area contributed by atoms with Crippen LogP contribution in [0.1, 0.15) is 45.0 Å². The first-order valence-electron chi connectivity index (χ1n) is 6.50. The number of carbonyl (C=O) groups is 1. The number of aryl methyl sites for hydroxylation is 2. The maximum Gasteiger partial charge on any atom is 0.138 e. The summed E-state index contributed by atoms with van der Waals surface area (Å²) in [4.78, 5) is 11.9. The van der Waals surface area contributed by atoms with Gasteiger partial charge < -0.3 is 5.73 Å². The van der Waals surface area contributed by atoms with Gasteiger partial charge in [0.2, 0.25) is 0 Å². The molecule has 1 unspecified atom stereocenters. The third-order valence-electron chi connectivity index (χ3n) is 2.94. The summed E-state index contributed by atoms with van der Waals surface area (Å²) in [6.45, 7) is 6.65. The van der Waals surface area contributed by atoms with Crippen molar-refractivity contribution in [2.45, 2.75) is 59.0 Å². The molecule has 2 N–H and O–H groups in total. The Hall–Kier alpha value is -0.870. The van der Waals surface area contributed by atoms with Crippen molar-refractivity contribution in [1.29, 1.82) is 0 Å². The standard InChI is InChI=1S/C13H22ClN3O/c1-4-11-13(14)12(17(5-2)16-11)8-10(18)7-6-9(3)15/h9H,4-8,15H2,1-3H3. The Balaban J connectivity index is 2.77. The monoisotopic (exact) mass is 271 g/mol. The fraction of sp³-hybridized carbons (Fsp3) is 0.692. The molecule has 1 aromatic rings. The van der Waals surface area contributed by atoms with Crippen LogP contribution in [0.25, 0.3) is 0 Å². The van der Waals surface area contributed by atoms with Gasteiger partial charge in [0.1, 0.15) is 5.78 Å². The minimum atomic E-state index is 0.0618. The molecule has 102 valence electrons. The molecule has 0 fully saturated rings. The second kappa shape index (κ2) is 6.90. The lowest BCUT2D eigenvalue weighted by Crippen LogP contribution is -2.17. The summed E-state index contributed by atoms with van der Waals surface area (Å²) in [5.74, 6) is 0.173. The van der Waals surface area contributed by atoms with Gasteiger partial charge in [0.05, 0.1) is 16.4 Å². The van der Waals surface area contributed by atoms with Crippen LogP contribution in [0, 0.1) is 0 Å². The fourth-order valence-corrected chi connectivity index (χ4v) is 2.19. The van der Waals surface area contributed by atoms with Crippen LogP contribution in [0.15, 0.2) is 0 Å². The minimum absolute atomic E-state index is 0.0618. The van der Waals surface area contributed by atoms with Crippen molar-refractivity contribution in [3.05, 3.63) is 16.4 Å². The summed E-state index contributed by atoms with van der Waals surface area (Å²) >= 11 is 6.25. The lowest BCUT2D eigenvalue weighted by molar-refractivity contribution is -0.118. The molecule has 0 aliphatic rings. The summed E-state index contributed by atoms with van der Waals surface area (Å²) in [5, 5.41) is 5.05. The largest absolute Gasteiger partial charge is 0.328 e. The van der Waals surface area contributed by atoms with Gasteiger partial charge in [0.15, 0.2) is 0 Å². The lowest BCUT2D eigenvalue weighted by Gasteiger charge is -2.06. The van der Waals surface area contributed by atoms with Crippen molar-refractivity contribution in [3.8, 4) is 0 Å². The van der Waals surface area contributed by atoms with E-state index in [0.29, 0.717) is 17.9 Å². The van der Waals surface area contributed by atoms with Gasteiger partial charge in [-0.15, -0.1) is 0 Å². The van der Waals surface area contributed by atoms with Gasteiger partial charge >= 0.3 is 0 Å². The summed E-state index contributed by atoms with van der Waals surface area (Å²) in [5.41, 5.74) is 7.36. The number of halogens is 1. The molecule has 1 atom stereocenters. The van der Waals surface area contributed by atoms with Gasteiger partial charge in [-0.05, 0) is 26.7 Å². The zero-order valence-corrected chi connectivity index (χ0v) is 12.1. The molecule has 0 aliphatic heterocycles. The molecule has 5 heteroatoms. The normalized spacial score (nSPS) is 12.7. The Morgan fingerprint density at radius 3 is 2.67 bits per heavy atom. The van der Waals surface area contributed by atoms with E-state index < -0.39 is 0 Å². The van der Waals surface area contributed by atoms with Crippen molar-refractivity contribution in [2.24, 2.45) is 5.73 Å². The highest BCUT2D eigenvalue weighted by Gasteiger charge is 2.17. The average Bonchev–Trinajstić information content (AvgIpc) is 2.63. The van der Waals surface area contributed by atoms with Gasteiger partial charge in [0.25, 0.3) is 0 Å². The molecule has 0 amide bonds. The first-order chi connectivity index (χ1) is 8.49. The van der Waals surface area contributed by atoms with Crippen LogP contribution in [-0.4, -0.2) is 21.6 Å². The third-order valence-corrected chi connectivity index (χ3v) is 3.37. The Morgan fingerprint density at radius 2 is 2.17 bits per heavy atom. The van der Waals surface area contributed by atoms with Crippen LogP contribution in [0.2, 0.25) is 5.02 Å². The minimum Gasteiger partial charge on any atom is -0.328 e. The maximum absolute atomic E-state index is 11.9. The molecule has 0 aliphatic carbocycles. The summed E-state index contributed by atoms with van der Waals surface area (Å²) in [6, 6.07) is 0.0618. The van der Waals surface area contributed by atoms with Crippen molar-refractivity contribution in [2.75, 3.05) is 0 Å². The van der Waals surface area contributed by atoms with Gasteiger partial charge in [0, 0.05) is 25.4 Å². The predicted molar refractivity (Wildman–Crippen MR) is 73.9 cm³/mol. The van der Waals surface area contributed by atoms with E-state index in [1.54, 1.807) is 0 Å². The number of rotatable bonds is 7. The lowest BCUT2D eigenvalue weighted by atomic mass is 10.1. The smallest absolute Gasteiger partial charge is 0.138 e. The van der Waals surface area contributed by atoms with Crippen molar-refractivity contribution >= 4 is 17.4 Å². The highest BCUT2D eigenvalue weighted by atomic mass is 35.5. The van der Waals surface area contributed by atoms with Crippen LogP contribution >= 0.6 is 11.6 Å². The zero-order valence-electron chi connectivity index (χ0n) is 11.4. The first-order valence-corrected chi connectivity index (χ1v) is 6.88. The summed E-state index contributed by atoms with van der Waals surface area (Å²) in [7, 11) is 0. The first kappa shape index (κ1) is 15.2. The predicted octanol–water partition coefficient (Wildman–Crippen LogP) is 2.36. The molecule has 0 radical (unpaired) electrons. The van der Waals surface area contributed by atoms with E-state index >= 15 is 0 Å². The molecule has 0 bridgehead atoms. The molecule has 0 saturated carbocycles. The van der Waals surface area contributed by atoms with Crippen LogP contribution in [0.5, 0.6) is 0 Å². The Kier molecular flexibility index (Phi) is 5.82. The number of carbonyl (C=O) groups excluding carboxylic acids is 1. The zero-order chi connectivity index (χ0) is 13.7. The van der Waals surface area contributed by atoms with Crippen LogP contribution in [0.3, 0.4) is 0 Å². The maximum atomic E-state index is 11.9. The average molecular weight is 272 g/mol. The number of hydrogen-bond donors (Lipinski definition) is 1. The molecule has 4 nitrogen and oxygen atoms in total. The van der Waals surface area contributed by atoms with Crippen LogP contribution in [0.4, 0.5) is 0 Å². The van der Waals surface area contributed by atoms with E-state index in [1.165, 1.54) is 0 Å². The number of ketones is 1. The molecule has 1 rings (SSSR count). The van der Waals surface area contributed by atoms with E-state index in [-0.39, 0.29) is 11.8 Å². The van der Waals surface area contributed by atoms with E-state index in [0.717, 1.165) is 30.8 Å². The highest BCUT2D eigenvalue weighted by Crippen LogP contribution is 2.22. The van der Waals surface area contributed by atoms with Gasteiger partial charge in [-0.2, -0.15) is 5.10 Å². The molecule has 0 saturated heterocycles. The molecule has 1 aromatic heterocycles. The molecule has 18 heavy (non-hydrogen) atoms. The molecular weight excluding hydrogens is 250 g/mol. The van der Waals surface area contributed by atoms with Crippen molar-refractivity contribution in [3.63, 3.8) is 0 Å². The van der Waals surface area contributed by atoms with E-state index in [4.69, 9.17) is 17.3 Å². The highest BCUT2D eigenvalue weighted by molar-refractivity contribution is 6.32. The van der Waals surface area contributed by atoms with E-state index in [1.807, 2.05) is 25.5 Å².